The Balaban J connectivity index is 2.36. The summed E-state index contributed by atoms with van der Waals surface area (Å²) >= 11 is 0. The van der Waals surface area contributed by atoms with Crippen LogP contribution in [0, 0.1) is 17.1 Å². The monoisotopic (exact) mass is 290 g/mol. The molecule has 0 unspecified atom stereocenters. The standard InChI is InChI=1S/C14H15FN4O2/c1-10(18-19-13(20)6-7-16)8-14(21)17-9-11-2-4-12(15)5-3-11/h2-5H,6,8-9H2,1H3,(H,17,21)(H,19,20). The van der Waals surface area contributed by atoms with Gasteiger partial charge in [0.15, 0.2) is 0 Å². The summed E-state index contributed by atoms with van der Waals surface area (Å²) in [5.74, 6) is -1.13. The molecule has 2 N–H and O–H groups in total. The Hall–Kier alpha value is -2.75. The molecule has 7 heteroatoms. The number of carbonyl (C=O) groups is 2. The first kappa shape index (κ1) is 16.3. The Morgan fingerprint density at radius 2 is 1.95 bits per heavy atom. The van der Waals surface area contributed by atoms with Crippen molar-refractivity contribution in [2.45, 2.75) is 26.3 Å². The lowest BCUT2D eigenvalue weighted by molar-refractivity contribution is -0.121. The Kier molecular flexibility index (Phi) is 6.54. The first-order chi connectivity index (χ1) is 10.0. The van der Waals surface area contributed by atoms with Crippen molar-refractivity contribution in [3.63, 3.8) is 0 Å². The molecule has 2 amide bonds. The molecule has 0 aliphatic carbocycles. The second-order valence-corrected chi connectivity index (χ2v) is 4.30. The predicted molar refractivity (Wildman–Crippen MR) is 74.3 cm³/mol. The molecule has 0 saturated carbocycles. The maximum absolute atomic E-state index is 12.7. The summed E-state index contributed by atoms with van der Waals surface area (Å²) in [6.07, 6.45) is -0.262. The summed E-state index contributed by atoms with van der Waals surface area (Å²) < 4.78 is 12.7. The van der Waals surface area contributed by atoms with E-state index in [-0.39, 0.29) is 31.1 Å². The molecule has 0 heterocycles. The van der Waals surface area contributed by atoms with Gasteiger partial charge in [-0.15, -0.1) is 0 Å². The fraction of sp³-hybridized carbons (Fsp3) is 0.286. The van der Waals surface area contributed by atoms with Gasteiger partial charge in [-0.25, -0.2) is 9.82 Å². The van der Waals surface area contributed by atoms with Gasteiger partial charge in [0.05, 0.1) is 12.5 Å². The zero-order valence-corrected chi connectivity index (χ0v) is 11.5. The fourth-order valence-corrected chi connectivity index (χ4v) is 1.41. The van der Waals surface area contributed by atoms with E-state index in [9.17, 15) is 14.0 Å². The summed E-state index contributed by atoms with van der Waals surface area (Å²) in [5, 5.41) is 14.7. The molecular formula is C14H15FN4O2. The van der Waals surface area contributed by atoms with Crippen LogP contribution in [0.3, 0.4) is 0 Å². The topological polar surface area (TPSA) is 94.3 Å². The molecule has 0 saturated heterocycles. The zero-order chi connectivity index (χ0) is 15.7. The van der Waals surface area contributed by atoms with Crippen molar-refractivity contribution in [3.8, 4) is 6.07 Å². The minimum absolute atomic E-state index is 0.0219. The first-order valence-corrected chi connectivity index (χ1v) is 6.21. The Morgan fingerprint density at radius 1 is 1.29 bits per heavy atom. The number of amides is 2. The van der Waals surface area contributed by atoms with Gasteiger partial charge in [-0.05, 0) is 24.6 Å². The van der Waals surface area contributed by atoms with Crippen LogP contribution in [0.5, 0.6) is 0 Å². The molecule has 1 aromatic rings. The maximum atomic E-state index is 12.7. The van der Waals surface area contributed by atoms with Crippen LogP contribution in [-0.2, 0) is 16.1 Å². The van der Waals surface area contributed by atoms with Crippen LogP contribution in [0.4, 0.5) is 4.39 Å². The molecular weight excluding hydrogens is 275 g/mol. The predicted octanol–water partition coefficient (Wildman–Crippen LogP) is 1.24. The molecule has 0 bridgehead atoms. The van der Waals surface area contributed by atoms with Crippen LogP contribution in [0.1, 0.15) is 25.3 Å². The van der Waals surface area contributed by atoms with Crippen molar-refractivity contribution < 1.29 is 14.0 Å². The highest BCUT2D eigenvalue weighted by Crippen LogP contribution is 2.02. The summed E-state index contributed by atoms with van der Waals surface area (Å²) in [5.41, 5.74) is 3.37. The van der Waals surface area contributed by atoms with Crippen LogP contribution in [0.2, 0.25) is 0 Å². The smallest absolute Gasteiger partial charge is 0.254 e. The number of rotatable bonds is 6. The lowest BCUT2D eigenvalue weighted by atomic mass is 10.2. The van der Waals surface area contributed by atoms with E-state index in [1.165, 1.54) is 12.1 Å². The van der Waals surface area contributed by atoms with E-state index in [0.29, 0.717) is 5.71 Å². The maximum Gasteiger partial charge on any atom is 0.254 e. The van der Waals surface area contributed by atoms with Crippen molar-refractivity contribution in [2.75, 3.05) is 0 Å². The number of nitrogens with zero attached hydrogens (tertiary/aromatic N) is 2. The second kappa shape index (κ2) is 8.43. The van der Waals surface area contributed by atoms with Crippen LogP contribution in [-0.4, -0.2) is 17.5 Å². The van der Waals surface area contributed by atoms with Crippen LogP contribution in [0.25, 0.3) is 0 Å². The minimum atomic E-state index is -0.524. The Labute approximate surface area is 121 Å². The first-order valence-electron chi connectivity index (χ1n) is 6.21. The highest BCUT2D eigenvalue weighted by molar-refractivity contribution is 6.00. The lowest BCUT2D eigenvalue weighted by Gasteiger charge is -2.05. The quantitative estimate of drug-likeness (QED) is 0.609. The molecule has 1 aromatic carbocycles. The van der Waals surface area contributed by atoms with Crippen molar-refractivity contribution in [3.05, 3.63) is 35.6 Å². The number of carbonyl (C=O) groups excluding carboxylic acids is 2. The second-order valence-electron chi connectivity index (χ2n) is 4.30. The molecule has 21 heavy (non-hydrogen) atoms. The molecule has 0 aliphatic heterocycles. The average molecular weight is 290 g/mol. The highest BCUT2D eigenvalue weighted by atomic mass is 19.1. The molecule has 6 nitrogen and oxygen atoms in total. The summed E-state index contributed by atoms with van der Waals surface area (Å²) in [4.78, 5) is 22.6. The van der Waals surface area contributed by atoms with Gasteiger partial charge in [0.25, 0.3) is 5.91 Å². The third kappa shape index (κ3) is 6.82. The molecule has 0 aliphatic rings. The van der Waals surface area contributed by atoms with Gasteiger partial charge in [-0.1, -0.05) is 12.1 Å². The summed E-state index contributed by atoms with van der Waals surface area (Å²) in [6, 6.07) is 7.49. The molecule has 0 aromatic heterocycles. The number of hydrogen-bond acceptors (Lipinski definition) is 4. The number of hydrazone groups is 1. The zero-order valence-electron chi connectivity index (χ0n) is 11.5. The van der Waals surface area contributed by atoms with E-state index in [1.807, 2.05) is 0 Å². The van der Waals surface area contributed by atoms with Gasteiger partial charge in [0.1, 0.15) is 12.2 Å². The summed E-state index contributed by atoms with van der Waals surface area (Å²) in [6.45, 7) is 1.87. The number of benzene rings is 1. The normalized spacial score (nSPS) is 10.6. The molecule has 1 rings (SSSR count). The van der Waals surface area contributed by atoms with Crippen molar-refractivity contribution in [1.29, 1.82) is 5.26 Å². The highest BCUT2D eigenvalue weighted by Gasteiger charge is 2.05. The van der Waals surface area contributed by atoms with Gasteiger partial charge in [0.2, 0.25) is 5.91 Å². The van der Waals surface area contributed by atoms with Crippen molar-refractivity contribution in [2.24, 2.45) is 5.10 Å². The molecule has 0 fully saturated rings. The fourth-order valence-electron chi connectivity index (χ4n) is 1.41. The third-order valence-electron chi connectivity index (χ3n) is 2.43. The van der Waals surface area contributed by atoms with E-state index in [2.05, 4.69) is 15.8 Å². The van der Waals surface area contributed by atoms with E-state index in [0.717, 1.165) is 5.56 Å². The van der Waals surface area contributed by atoms with Gasteiger partial charge in [-0.2, -0.15) is 10.4 Å². The van der Waals surface area contributed by atoms with Crippen molar-refractivity contribution in [1.82, 2.24) is 10.7 Å². The van der Waals surface area contributed by atoms with E-state index in [4.69, 9.17) is 5.26 Å². The Morgan fingerprint density at radius 3 is 2.57 bits per heavy atom. The van der Waals surface area contributed by atoms with E-state index < -0.39 is 5.91 Å². The summed E-state index contributed by atoms with van der Waals surface area (Å²) in [7, 11) is 0. The lowest BCUT2D eigenvalue weighted by Crippen LogP contribution is -2.26. The SMILES string of the molecule is CC(CC(=O)NCc1ccc(F)cc1)=NNC(=O)CC#N. The van der Waals surface area contributed by atoms with Crippen molar-refractivity contribution >= 4 is 17.5 Å². The number of nitriles is 1. The largest absolute Gasteiger partial charge is 0.352 e. The number of halogens is 1. The van der Waals surface area contributed by atoms with E-state index >= 15 is 0 Å². The van der Waals surface area contributed by atoms with Gasteiger partial charge in [-0.3, -0.25) is 9.59 Å². The van der Waals surface area contributed by atoms with Gasteiger partial charge < -0.3 is 5.32 Å². The van der Waals surface area contributed by atoms with Gasteiger partial charge >= 0.3 is 0 Å². The van der Waals surface area contributed by atoms with Gasteiger partial charge in [0, 0.05) is 12.3 Å². The van der Waals surface area contributed by atoms with Crippen LogP contribution in [0.15, 0.2) is 29.4 Å². The molecule has 0 spiro atoms. The van der Waals surface area contributed by atoms with Crippen LogP contribution < -0.4 is 10.7 Å². The van der Waals surface area contributed by atoms with Crippen LogP contribution >= 0.6 is 0 Å². The number of hydrogen-bond donors (Lipinski definition) is 2. The number of nitrogens with one attached hydrogen (secondary N) is 2. The Bertz CT molecular complexity index is 576. The average Bonchev–Trinajstić information content (AvgIpc) is 2.45. The van der Waals surface area contributed by atoms with E-state index in [1.54, 1.807) is 25.1 Å². The molecule has 0 atom stereocenters. The molecule has 110 valence electrons. The third-order valence-corrected chi connectivity index (χ3v) is 2.43. The minimum Gasteiger partial charge on any atom is -0.352 e. The molecule has 0 radical (unpaired) electrons.